The maximum Gasteiger partial charge on any atom is 0.410 e. The number of hydrogen-bond acceptors (Lipinski definition) is 4. The van der Waals surface area contributed by atoms with Crippen LogP contribution in [0.2, 0.25) is 0 Å². The number of cyclic esters (lactones) is 1. The van der Waals surface area contributed by atoms with E-state index in [1.54, 1.807) is 0 Å². The minimum atomic E-state index is -0.599. The summed E-state index contributed by atoms with van der Waals surface area (Å²) >= 11 is 0. The Labute approximate surface area is 232 Å². The molecule has 1 aromatic carbocycles. The summed E-state index contributed by atoms with van der Waals surface area (Å²) in [5, 5.41) is 0. The van der Waals surface area contributed by atoms with Crippen molar-refractivity contribution >= 4 is 12.0 Å². The second-order valence-electron chi connectivity index (χ2n) is 13.4. The van der Waals surface area contributed by atoms with E-state index in [1.807, 2.05) is 9.80 Å². The summed E-state index contributed by atoms with van der Waals surface area (Å²) in [6, 6.07) is 3.97. The van der Waals surface area contributed by atoms with Gasteiger partial charge in [0.25, 0.3) is 0 Å². The number of benzene rings is 1. The number of amides is 2. The van der Waals surface area contributed by atoms with Gasteiger partial charge in [0.15, 0.2) is 0 Å². The molecule has 4 fully saturated rings. The van der Waals surface area contributed by atoms with E-state index in [0.29, 0.717) is 50.8 Å². The average Bonchev–Trinajstić information content (AvgIpc) is 3.46. The van der Waals surface area contributed by atoms with Crippen LogP contribution >= 0.6 is 0 Å². The van der Waals surface area contributed by atoms with Crippen LogP contribution in [0.1, 0.15) is 84.1 Å². The molecule has 2 amide bonds. The number of piperidine rings is 1. The molecule has 39 heavy (non-hydrogen) atoms. The Morgan fingerprint density at radius 3 is 2.36 bits per heavy atom. The van der Waals surface area contributed by atoms with Crippen LogP contribution in [-0.2, 0) is 9.53 Å². The predicted octanol–water partition coefficient (Wildman–Crippen LogP) is 5.81. The van der Waals surface area contributed by atoms with Crippen molar-refractivity contribution in [3.8, 4) is 0 Å². The van der Waals surface area contributed by atoms with Crippen molar-refractivity contribution in [3.63, 3.8) is 0 Å². The molecule has 0 spiro atoms. The van der Waals surface area contributed by atoms with Crippen molar-refractivity contribution in [2.75, 3.05) is 39.3 Å². The third-order valence-electron chi connectivity index (χ3n) is 10.3. The lowest BCUT2D eigenvalue weighted by molar-refractivity contribution is -0.139. The van der Waals surface area contributed by atoms with E-state index in [2.05, 4.69) is 32.6 Å². The summed E-state index contributed by atoms with van der Waals surface area (Å²) in [6.45, 7) is 11.9. The van der Waals surface area contributed by atoms with E-state index in [1.165, 1.54) is 44.2 Å². The van der Waals surface area contributed by atoms with E-state index >= 15 is 0 Å². The Morgan fingerprint density at radius 2 is 1.77 bits per heavy atom. The van der Waals surface area contributed by atoms with Gasteiger partial charge in [-0.2, -0.15) is 0 Å². The fourth-order valence-corrected chi connectivity index (χ4v) is 7.68. The molecule has 0 aromatic heterocycles. The molecular formula is C31H45F2N3O3. The minimum absolute atomic E-state index is 0.0278. The lowest BCUT2D eigenvalue weighted by Gasteiger charge is -2.51. The lowest BCUT2D eigenvalue weighted by Crippen LogP contribution is -2.55. The highest BCUT2D eigenvalue weighted by Crippen LogP contribution is 2.48. The fraction of sp³-hybridized carbons (Fsp3) is 0.742. The fourth-order valence-electron chi connectivity index (χ4n) is 7.68. The van der Waals surface area contributed by atoms with Gasteiger partial charge in [-0.1, -0.05) is 25.3 Å². The van der Waals surface area contributed by atoms with Gasteiger partial charge in [0.05, 0.1) is 11.5 Å². The van der Waals surface area contributed by atoms with E-state index in [4.69, 9.17) is 4.74 Å². The lowest BCUT2D eigenvalue weighted by atomic mass is 9.63. The maximum absolute atomic E-state index is 14.9. The Balaban J connectivity index is 1.35. The second kappa shape index (κ2) is 11.0. The number of halogens is 2. The summed E-state index contributed by atoms with van der Waals surface area (Å²) < 4.78 is 34.0. The van der Waals surface area contributed by atoms with Crippen molar-refractivity contribution in [1.29, 1.82) is 0 Å². The molecule has 1 unspecified atom stereocenters. The van der Waals surface area contributed by atoms with Crippen molar-refractivity contribution in [1.82, 2.24) is 14.7 Å². The van der Waals surface area contributed by atoms with Gasteiger partial charge < -0.3 is 9.64 Å². The van der Waals surface area contributed by atoms with Crippen LogP contribution in [0.25, 0.3) is 0 Å². The Morgan fingerprint density at radius 1 is 1.08 bits per heavy atom. The first-order chi connectivity index (χ1) is 18.5. The number of rotatable bonds is 6. The molecule has 3 aliphatic heterocycles. The number of hydrogen-bond donors (Lipinski definition) is 0. The zero-order valence-electron chi connectivity index (χ0n) is 24.1. The largest absolute Gasteiger partial charge is 0.447 e. The molecule has 3 heterocycles. The number of nitrogens with zero attached hydrogens (tertiary/aromatic N) is 3. The molecule has 5 rings (SSSR count). The van der Waals surface area contributed by atoms with Gasteiger partial charge in [-0.05, 0) is 76.3 Å². The Hall–Kier alpha value is -2.22. The quantitative estimate of drug-likeness (QED) is 0.453. The number of carbonyl (C=O) groups excluding carboxylic acids is 2. The molecule has 2 atom stereocenters. The van der Waals surface area contributed by atoms with Gasteiger partial charge >= 0.3 is 6.09 Å². The van der Waals surface area contributed by atoms with Gasteiger partial charge in [0.1, 0.15) is 18.2 Å². The molecule has 4 aliphatic rings. The highest BCUT2D eigenvalue weighted by Gasteiger charge is 2.50. The Kier molecular flexibility index (Phi) is 7.97. The highest BCUT2D eigenvalue weighted by atomic mass is 19.1. The van der Waals surface area contributed by atoms with E-state index in [0.717, 1.165) is 18.9 Å². The summed E-state index contributed by atoms with van der Waals surface area (Å²) in [6.07, 6.45) is 7.56. The summed E-state index contributed by atoms with van der Waals surface area (Å²) in [7, 11) is 0. The van der Waals surface area contributed by atoms with Crippen LogP contribution in [0, 0.1) is 28.9 Å². The molecule has 3 saturated heterocycles. The molecule has 0 radical (unpaired) electrons. The van der Waals surface area contributed by atoms with Gasteiger partial charge in [0.2, 0.25) is 5.91 Å². The molecular weight excluding hydrogens is 500 g/mol. The van der Waals surface area contributed by atoms with Gasteiger partial charge in [-0.15, -0.1) is 0 Å². The highest BCUT2D eigenvalue weighted by molar-refractivity contribution is 5.81. The standard InChI is InChI=1S/C31H45F2N3O3/c1-21(2)35-17-25(24-11-10-23(32)16-27(24)33)26(18-35)28(37)34-14-12-31(13-15-34,22-8-6-5-7-9-22)19-36-29(38)39-20-30(36,3)4/h10-11,16,21-22,25-26H,5-9,12-15,17-20H2,1-4H3/t25?,26-/m1/s1. The zero-order chi connectivity index (χ0) is 27.9. The summed E-state index contributed by atoms with van der Waals surface area (Å²) in [5.74, 6) is -1.22. The second-order valence-corrected chi connectivity index (χ2v) is 13.4. The van der Waals surface area contributed by atoms with Crippen LogP contribution in [-0.4, -0.2) is 77.6 Å². The van der Waals surface area contributed by atoms with Gasteiger partial charge in [0, 0.05) is 50.7 Å². The first kappa shape index (κ1) is 28.3. The van der Waals surface area contributed by atoms with Gasteiger partial charge in [-0.3, -0.25) is 14.6 Å². The van der Waals surface area contributed by atoms with Crippen LogP contribution in [0.15, 0.2) is 18.2 Å². The number of carbonyl (C=O) groups is 2. The van der Waals surface area contributed by atoms with E-state index in [9.17, 15) is 18.4 Å². The Bertz CT molecular complexity index is 1060. The minimum Gasteiger partial charge on any atom is -0.447 e. The number of ether oxygens (including phenoxy) is 1. The first-order valence-electron chi connectivity index (χ1n) is 14.9. The molecule has 1 aromatic rings. The first-order valence-corrected chi connectivity index (χ1v) is 14.9. The molecule has 1 saturated carbocycles. The predicted molar refractivity (Wildman–Crippen MR) is 146 cm³/mol. The monoisotopic (exact) mass is 545 g/mol. The summed E-state index contributed by atoms with van der Waals surface area (Å²) in [5.41, 5.74) is 0.0728. The van der Waals surface area contributed by atoms with E-state index in [-0.39, 0.29) is 40.8 Å². The third kappa shape index (κ3) is 5.55. The normalized spacial score (nSPS) is 27.8. The zero-order valence-corrected chi connectivity index (χ0v) is 24.1. The average molecular weight is 546 g/mol. The van der Waals surface area contributed by atoms with Crippen molar-refractivity contribution in [2.24, 2.45) is 17.3 Å². The molecule has 0 bridgehead atoms. The topological polar surface area (TPSA) is 53.1 Å². The van der Waals surface area contributed by atoms with Gasteiger partial charge in [-0.25, -0.2) is 13.6 Å². The molecule has 216 valence electrons. The van der Waals surface area contributed by atoms with Crippen molar-refractivity contribution in [2.45, 2.75) is 90.1 Å². The number of likely N-dealkylation sites (tertiary alicyclic amines) is 2. The molecule has 8 heteroatoms. The van der Waals surface area contributed by atoms with E-state index < -0.39 is 11.6 Å². The third-order valence-corrected chi connectivity index (χ3v) is 10.3. The molecule has 6 nitrogen and oxygen atoms in total. The molecule has 0 N–H and O–H groups in total. The van der Waals surface area contributed by atoms with Crippen LogP contribution in [0.5, 0.6) is 0 Å². The summed E-state index contributed by atoms with van der Waals surface area (Å²) in [4.78, 5) is 32.9. The van der Waals surface area contributed by atoms with Crippen molar-refractivity contribution in [3.05, 3.63) is 35.4 Å². The smallest absolute Gasteiger partial charge is 0.410 e. The van der Waals surface area contributed by atoms with Crippen LogP contribution in [0.3, 0.4) is 0 Å². The van der Waals surface area contributed by atoms with Crippen LogP contribution in [0.4, 0.5) is 13.6 Å². The SMILES string of the molecule is CC(C)N1CC(c2ccc(F)cc2F)[C@H](C(=O)N2CCC(CN3C(=O)OCC3(C)C)(C3CCCCC3)CC2)C1. The maximum atomic E-state index is 14.9. The van der Waals surface area contributed by atoms with Crippen LogP contribution < -0.4 is 0 Å². The van der Waals surface area contributed by atoms with Crippen molar-refractivity contribution < 1.29 is 23.1 Å². The molecule has 1 aliphatic carbocycles.